The summed E-state index contributed by atoms with van der Waals surface area (Å²) in [5.74, 6) is -0.784. The highest BCUT2D eigenvalue weighted by Gasteiger charge is 2.28. The van der Waals surface area contributed by atoms with Gasteiger partial charge in [-0.25, -0.2) is 17.5 Å². The second-order valence-corrected chi connectivity index (χ2v) is 8.11. The Hall–Kier alpha value is -1.44. The Morgan fingerprint density at radius 1 is 1.26 bits per heavy atom. The normalized spacial score (nSPS) is 17.7. The summed E-state index contributed by atoms with van der Waals surface area (Å²) in [4.78, 5) is -0.352. The third-order valence-electron chi connectivity index (χ3n) is 3.98. The summed E-state index contributed by atoms with van der Waals surface area (Å²) >= 11 is 3.02. The SMILES string of the molecule is Nc1ccc2c(c1)CCCC2NS(=O)(=O)c1cccc(Br)c1F. The van der Waals surface area contributed by atoms with Gasteiger partial charge in [0.25, 0.3) is 0 Å². The molecule has 0 aromatic heterocycles. The second kappa shape index (κ2) is 6.22. The van der Waals surface area contributed by atoms with E-state index in [1.54, 1.807) is 6.07 Å². The van der Waals surface area contributed by atoms with Gasteiger partial charge in [0, 0.05) is 11.7 Å². The van der Waals surface area contributed by atoms with Crippen molar-refractivity contribution in [1.82, 2.24) is 4.72 Å². The van der Waals surface area contributed by atoms with E-state index in [0.29, 0.717) is 12.1 Å². The molecule has 23 heavy (non-hydrogen) atoms. The van der Waals surface area contributed by atoms with Crippen LogP contribution < -0.4 is 10.5 Å². The maximum Gasteiger partial charge on any atom is 0.244 e. The zero-order valence-electron chi connectivity index (χ0n) is 12.2. The number of rotatable bonds is 3. The fourth-order valence-electron chi connectivity index (χ4n) is 2.90. The van der Waals surface area contributed by atoms with E-state index in [1.807, 2.05) is 12.1 Å². The summed E-state index contributed by atoms with van der Waals surface area (Å²) in [5.41, 5.74) is 8.39. The average Bonchev–Trinajstić information content (AvgIpc) is 2.49. The van der Waals surface area contributed by atoms with Crippen LogP contribution in [0.1, 0.15) is 30.0 Å². The van der Waals surface area contributed by atoms with Gasteiger partial charge < -0.3 is 5.73 Å². The molecule has 0 saturated heterocycles. The van der Waals surface area contributed by atoms with Gasteiger partial charge in [-0.3, -0.25) is 0 Å². The summed E-state index contributed by atoms with van der Waals surface area (Å²) in [5, 5.41) is 0. The molecule has 3 rings (SSSR count). The summed E-state index contributed by atoms with van der Waals surface area (Å²) < 4.78 is 42.0. The van der Waals surface area contributed by atoms with Crippen molar-refractivity contribution in [3.05, 3.63) is 57.8 Å². The molecule has 0 bridgehead atoms. The number of sulfonamides is 1. The molecular weight excluding hydrogens is 383 g/mol. The third kappa shape index (κ3) is 3.27. The number of anilines is 1. The summed E-state index contributed by atoms with van der Waals surface area (Å²) in [7, 11) is -3.95. The lowest BCUT2D eigenvalue weighted by Gasteiger charge is -2.26. The molecule has 1 unspecified atom stereocenters. The van der Waals surface area contributed by atoms with Crippen molar-refractivity contribution in [3.63, 3.8) is 0 Å². The summed E-state index contributed by atoms with van der Waals surface area (Å²) in [6, 6.07) is 9.32. The molecule has 0 saturated carbocycles. The minimum Gasteiger partial charge on any atom is -0.399 e. The average molecular weight is 399 g/mol. The first kappa shape index (κ1) is 16.4. The van der Waals surface area contributed by atoms with Crippen LogP contribution in [0.5, 0.6) is 0 Å². The molecule has 0 amide bonds. The second-order valence-electron chi connectivity index (χ2n) is 5.58. The first-order valence-electron chi connectivity index (χ1n) is 7.23. The van der Waals surface area contributed by atoms with E-state index in [-0.39, 0.29) is 15.4 Å². The molecule has 0 radical (unpaired) electrons. The molecule has 122 valence electrons. The summed E-state index contributed by atoms with van der Waals surface area (Å²) in [6.45, 7) is 0. The highest BCUT2D eigenvalue weighted by Crippen LogP contribution is 2.33. The van der Waals surface area contributed by atoms with Crippen LogP contribution in [-0.2, 0) is 16.4 Å². The van der Waals surface area contributed by atoms with Gasteiger partial charge in [-0.15, -0.1) is 0 Å². The van der Waals surface area contributed by atoms with Gasteiger partial charge in [-0.05, 0) is 70.6 Å². The highest BCUT2D eigenvalue weighted by molar-refractivity contribution is 9.10. The maximum atomic E-state index is 14.1. The van der Waals surface area contributed by atoms with Gasteiger partial charge in [0.15, 0.2) is 5.82 Å². The first-order valence-corrected chi connectivity index (χ1v) is 9.51. The number of nitrogens with one attached hydrogen (secondary N) is 1. The lowest BCUT2D eigenvalue weighted by Crippen LogP contribution is -2.31. The number of nitrogens with two attached hydrogens (primary N) is 1. The predicted octanol–water partition coefficient (Wildman–Crippen LogP) is 3.53. The van der Waals surface area contributed by atoms with Crippen LogP contribution >= 0.6 is 15.9 Å². The van der Waals surface area contributed by atoms with Crippen LogP contribution in [0.4, 0.5) is 10.1 Å². The van der Waals surface area contributed by atoms with Crippen molar-refractivity contribution in [2.24, 2.45) is 0 Å². The van der Waals surface area contributed by atoms with E-state index in [9.17, 15) is 12.8 Å². The number of fused-ring (bicyclic) bond motifs is 1. The van der Waals surface area contributed by atoms with Crippen LogP contribution in [-0.4, -0.2) is 8.42 Å². The fourth-order valence-corrected chi connectivity index (χ4v) is 4.75. The Bertz CT molecular complexity index is 855. The van der Waals surface area contributed by atoms with Gasteiger partial charge in [0.1, 0.15) is 4.90 Å². The monoisotopic (exact) mass is 398 g/mol. The Balaban J connectivity index is 1.95. The Labute approximate surface area is 143 Å². The molecule has 7 heteroatoms. The largest absolute Gasteiger partial charge is 0.399 e. The smallest absolute Gasteiger partial charge is 0.244 e. The van der Waals surface area contributed by atoms with Gasteiger partial charge in [0.2, 0.25) is 10.0 Å². The van der Waals surface area contributed by atoms with Gasteiger partial charge in [0.05, 0.1) is 4.47 Å². The van der Waals surface area contributed by atoms with E-state index in [0.717, 1.165) is 24.0 Å². The first-order chi connectivity index (χ1) is 10.9. The summed E-state index contributed by atoms with van der Waals surface area (Å²) in [6.07, 6.45) is 2.39. The maximum absolute atomic E-state index is 14.1. The minimum atomic E-state index is -3.95. The van der Waals surface area contributed by atoms with E-state index in [4.69, 9.17) is 5.73 Å². The van der Waals surface area contributed by atoms with Crippen molar-refractivity contribution in [2.75, 3.05) is 5.73 Å². The Morgan fingerprint density at radius 3 is 2.83 bits per heavy atom. The molecule has 4 nitrogen and oxygen atoms in total. The zero-order chi connectivity index (χ0) is 16.6. The number of nitrogen functional groups attached to an aromatic ring is 1. The van der Waals surface area contributed by atoms with Crippen molar-refractivity contribution < 1.29 is 12.8 Å². The van der Waals surface area contributed by atoms with Crippen LogP contribution in [0.25, 0.3) is 0 Å². The Morgan fingerprint density at radius 2 is 2.04 bits per heavy atom. The predicted molar refractivity (Wildman–Crippen MR) is 91.0 cm³/mol. The van der Waals surface area contributed by atoms with Gasteiger partial charge >= 0.3 is 0 Å². The highest BCUT2D eigenvalue weighted by atomic mass is 79.9. The number of halogens is 2. The number of hydrogen-bond acceptors (Lipinski definition) is 3. The Kier molecular flexibility index (Phi) is 4.44. The van der Waals surface area contributed by atoms with Crippen molar-refractivity contribution >= 4 is 31.6 Å². The molecule has 1 atom stereocenters. The molecule has 3 N–H and O–H groups in total. The molecule has 0 spiro atoms. The lowest BCUT2D eigenvalue weighted by atomic mass is 9.88. The third-order valence-corrected chi connectivity index (χ3v) is 6.09. The molecule has 1 aliphatic rings. The van der Waals surface area contributed by atoms with E-state index in [2.05, 4.69) is 20.7 Å². The number of benzene rings is 2. The topological polar surface area (TPSA) is 72.2 Å². The number of aryl methyl sites for hydroxylation is 1. The van der Waals surface area contributed by atoms with E-state index in [1.165, 1.54) is 18.2 Å². The molecule has 2 aromatic carbocycles. The van der Waals surface area contributed by atoms with E-state index < -0.39 is 15.8 Å². The number of hydrogen-bond donors (Lipinski definition) is 2. The van der Waals surface area contributed by atoms with Crippen LogP contribution in [0.2, 0.25) is 0 Å². The van der Waals surface area contributed by atoms with Gasteiger partial charge in [-0.2, -0.15) is 0 Å². The quantitative estimate of drug-likeness (QED) is 0.776. The lowest BCUT2D eigenvalue weighted by molar-refractivity contribution is 0.501. The zero-order valence-corrected chi connectivity index (χ0v) is 14.6. The van der Waals surface area contributed by atoms with E-state index >= 15 is 0 Å². The van der Waals surface area contributed by atoms with Crippen molar-refractivity contribution in [3.8, 4) is 0 Å². The van der Waals surface area contributed by atoms with Crippen LogP contribution in [0, 0.1) is 5.82 Å². The van der Waals surface area contributed by atoms with Crippen LogP contribution in [0.15, 0.2) is 45.8 Å². The molecule has 0 fully saturated rings. The van der Waals surface area contributed by atoms with Crippen molar-refractivity contribution in [2.45, 2.75) is 30.2 Å². The molecular formula is C16H16BrFN2O2S. The minimum absolute atomic E-state index is 0.122. The molecule has 1 aliphatic carbocycles. The van der Waals surface area contributed by atoms with Crippen molar-refractivity contribution in [1.29, 1.82) is 0 Å². The molecule has 0 heterocycles. The standard InChI is InChI=1S/C16H16BrFN2O2S/c17-13-4-2-6-15(16(13)18)23(21,22)20-14-5-1-3-10-9-11(19)7-8-12(10)14/h2,4,6-9,14,20H,1,3,5,19H2. The van der Waals surface area contributed by atoms with Crippen LogP contribution in [0.3, 0.4) is 0 Å². The van der Waals surface area contributed by atoms with Gasteiger partial charge in [-0.1, -0.05) is 12.1 Å². The molecule has 2 aromatic rings. The molecule has 0 aliphatic heterocycles. The fraction of sp³-hybridized carbons (Fsp3) is 0.250.